The number of anilines is 1. The first-order valence-electron chi connectivity index (χ1n) is 7.98. The molecule has 0 radical (unpaired) electrons. The number of nitrogens with zero attached hydrogens (tertiary/aromatic N) is 5. The lowest BCUT2D eigenvalue weighted by atomic mass is 10.2. The summed E-state index contributed by atoms with van der Waals surface area (Å²) in [4.78, 5) is 19.0. The molecule has 124 valence electrons. The molecule has 0 N–H and O–H groups in total. The van der Waals surface area contributed by atoms with Crippen molar-refractivity contribution in [1.82, 2.24) is 19.9 Å². The smallest absolute Gasteiger partial charge is 0.212 e. The van der Waals surface area contributed by atoms with E-state index in [-0.39, 0.29) is 0 Å². The van der Waals surface area contributed by atoms with Gasteiger partial charge >= 0.3 is 0 Å². The van der Waals surface area contributed by atoms with Crippen LogP contribution in [-0.4, -0.2) is 53.1 Å². The number of pyridine rings is 1. The maximum Gasteiger partial charge on any atom is 0.212 e. The van der Waals surface area contributed by atoms with Crippen molar-refractivity contribution in [3.8, 4) is 5.88 Å². The van der Waals surface area contributed by atoms with Crippen LogP contribution in [-0.2, 0) is 6.54 Å². The lowest BCUT2D eigenvalue weighted by Gasteiger charge is -2.35. The second kappa shape index (κ2) is 6.70. The fourth-order valence-electron chi connectivity index (χ4n) is 3.03. The van der Waals surface area contributed by atoms with E-state index in [1.807, 2.05) is 12.3 Å². The fourth-order valence-corrected chi connectivity index (χ4v) is 3.76. The number of ether oxygens (including phenoxy) is 1. The molecule has 1 saturated heterocycles. The van der Waals surface area contributed by atoms with Crippen molar-refractivity contribution in [2.45, 2.75) is 6.54 Å². The van der Waals surface area contributed by atoms with Gasteiger partial charge in [0.25, 0.3) is 0 Å². The Hall–Kier alpha value is -2.25. The van der Waals surface area contributed by atoms with Crippen LogP contribution in [0.3, 0.4) is 0 Å². The number of hydrogen-bond donors (Lipinski definition) is 0. The van der Waals surface area contributed by atoms with Gasteiger partial charge in [0.15, 0.2) is 0 Å². The summed E-state index contributed by atoms with van der Waals surface area (Å²) in [5.74, 6) is 1.72. The van der Waals surface area contributed by atoms with Gasteiger partial charge in [-0.25, -0.2) is 15.0 Å². The molecule has 1 aliphatic heterocycles. The number of thiophene rings is 1. The molecule has 7 heteroatoms. The van der Waals surface area contributed by atoms with Crippen molar-refractivity contribution >= 4 is 27.4 Å². The van der Waals surface area contributed by atoms with Gasteiger partial charge in [0.1, 0.15) is 17.0 Å². The predicted molar refractivity (Wildman–Crippen MR) is 95.7 cm³/mol. The van der Waals surface area contributed by atoms with E-state index in [2.05, 4.69) is 42.3 Å². The Morgan fingerprint density at radius 2 is 1.96 bits per heavy atom. The maximum absolute atomic E-state index is 5.11. The van der Waals surface area contributed by atoms with E-state index in [1.165, 1.54) is 5.56 Å². The molecule has 0 bridgehead atoms. The van der Waals surface area contributed by atoms with Crippen LogP contribution in [0.1, 0.15) is 5.56 Å². The van der Waals surface area contributed by atoms with Crippen LogP contribution >= 0.6 is 11.3 Å². The van der Waals surface area contributed by atoms with Gasteiger partial charge in [-0.3, -0.25) is 4.90 Å². The summed E-state index contributed by atoms with van der Waals surface area (Å²) < 4.78 is 5.11. The Balaban J connectivity index is 1.40. The van der Waals surface area contributed by atoms with E-state index < -0.39 is 0 Å². The minimum atomic E-state index is 0.659. The highest BCUT2D eigenvalue weighted by atomic mass is 32.1. The third-order valence-electron chi connectivity index (χ3n) is 4.33. The number of piperazine rings is 1. The van der Waals surface area contributed by atoms with E-state index in [4.69, 9.17) is 4.74 Å². The molecule has 4 heterocycles. The van der Waals surface area contributed by atoms with Gasteiger partial charge in [-0.1, -0.05) is 6.07 Å². The molecule has 0 atom stereocenters. The van der Waals surface area contributed by atoms with Gasteiger partial charge < -0.3 is 9.64 Å². The molecule has 0 spiro atoms. The quantitative estimate of drug-likeness (QED) is 0.726. The van der Waals surface area contributed by atoms with E-state index in [0.29, 0.717) is 5.88 Å². The Morgan fingerprint density at radius 1 is 1.08 bits per heavy atom. The molecule has 6 nitrogen and oxygen atoms in total. The van der Waals surface area contributed by atoms with Crippen molar-refractivity contribution < 1.29 is 4.74 Å². The lowest BCUT2D eigenvalue weighted by molar-refractivity contribution is 0.249. The zero-order chi connectivity index (χ0) is 16.4. The average molecular weight is 341 g/mol. The average Bonchev–Trinajstić information content (AvgIpc) is 3.12. The van der Waals surface area contributed by atoms with E-state index in [1.54, 1.807) is 24.8 Å². The van der Waals surface area contributed by atoms with Gasteiger partial charge in [0.05, 0.1) is 12.5 Å². The SMILES string of the molecule is COc1ccc(CN2CCN(c3ncnc4sccc34)CC2)cn1. The molecule has 24 heavy (non-hydrogen) atoms. The summed E-state index contributed by atoms with van der Waals surface area (Å²) in [6.07, 6.45) is 3.56. The zero-order valence-electron chi connectivity index (χ0n) is 13.6. The van der Waals surface area contributed by atoms with Crippen LogP contribution in [0.15, 0.2) is 36.1 Å². The Bertz CT molecular complexity index is 811. The third kappa shape index (κ3) is 3.05. The molecule has 3 aromatic heterocycles. The molecule has 1 aliphatic rings. The second-order valence-electron chi connectivity index (χ2n) is 5.81. The Kier molecular flexibility index (Phi) is 4.27. The van der Waals surface area contributed by atoms with E-state index >= 15 is 0 Å². The lowest BCUT2D eigenvalue weighted by Crippen LogP contribution is -2.46. The van der Waals surface area contributed by atoms with Gasteiger partial charge in [-0.05, 0) is 17.0 Å². The highest BCUT2D eigenvalue weighted by Crippen LogP contribution is 2.27. The van der Waals surface area contributed by atoms with Crippen molar-refractivity contribution in [2.24, 2.45) is 0 Å². The highest BCUT2D eigenvalue weighted by Gasteiger charge is 2.20. The summed E-state index contributed by atoms with van der Waals surface area (Å²) in [6, 6.07) is 6.11. The molecule has 0 aliphatic carbocycles. The van der Waals surface area contributed by atoms with Crippen LogP contribution in [0.2, 0.25) is 0 Å². The number of methoxy groups -OCH3 is 1. The molecule has 0 amide bonds. The summed E-state index contributed by atoms with van der Waals surface area (Å²) in [6.45, 7) is 4.91. The first kappa shape index (κ1) is 15.3. The van der Waals surface area contributed by atoms with Crippen molar-refractivity contribution in [3.05, 3.63) is 41.7 Å². The number of hydrogen-bond acceptors (Lipinski definition) is 7. The summed E-state index contributed by atoms with van der Waals surface area (Å²) in [5.41, 5.74) is 1.21. The van der Waals surface area contributed by atoms with Crippen molar-refractivity contribution in [3.63, 3.8) is 0 Å². The predicted octanol–water partition coefficient (Wildman–Crippen LogP) is 2.42. The van der Waals surface area contributed by atoms with Crippen LogP contribution < -0.4 is 9.64 Å². The molecular weight excluding hydrogens is 322 g/mol. The van der Waals surface area contributed by atoms with Gasteiger partial charge in [-0.15, -0.1) is 11.3 Å². The number of rotatable bonds is 4. The molecule has 0 saturated carbocycles. The normalized spacial score (nSPS) is 15.8. The highest BCUT2D eigenvalue weighted by molar-refractivity contribution is 7.16. The van der Waals surface area contributed by atoms with Crippen LogP contribution in [0, 0.1) is 0 Å². The monoisotopic (exact) mass is 341 g/mol. The standard InChI is InChI=1S/C17H19N5OS/c1-23-15-3-2-13(10-18-15)11-21-5-7-22(8-6-21)16-14-4-9-24-17(14)20-12-19-16/h2-4,9-10,12H,5-8,11H2,1H3. The Morgan fingerprint density at radius 3 is 2.71 bits per heavy atom. The fraction of sp³-hybridized carbons (Fsp3) is 0.353. The van der Waals surface area contributed by atoms with Gasteiger partial charge in [0, 0.05) is 45.0 Å². The minimum Gasteiger partial charge on any atom is -0.481 e. The first-order chi connectivity index (χ1) is 11.8. The summed E-state index contributed by atoms with van der Waals surface area (Å²) in [5, 5.41) is 3.24. The summed E-state index contributed by atoms with van der Waals surface area (Å²) >= 11 is 1.67. The van der Waals surface area contributed by atoms with Gasteiger partial charge in [0.2, 0.25) is 5.88 Å². The van der Waals surface area contributed by atoms with Crippen molar-refractivity contribution in [1.29, 1.82) is 0 Å². The first-order valence-corrected chi connectivity index (χ1v) is 8.86. The van der Waals surface area contributed by atoms with Gasteiger partial charge in [-0.2, -0.15) is 0 Å². The zero-order valence-corrected chi connectivity index (χ0v) is 14.4. The minimum absolute atomic E-state index is 0.659. The molecular formula is C17H19N5OS. The molecule has 1 fully saturated rings. The summed E-state index contributed by atoms with van der Waals surface area (Å²) in [7, 11) is 1.64. The number of fused-ring (bicyclic) bond motifs is 1. The topological polar surface area (TPSA) is 54.4 Å². The van der Waals surface area contributed by atoms with Crippen LogP contribution in [0.5, 0.6) is 5.88 Å². The second-order valence-corrected chi connectivity index (χ2v) is 6.70. The van der Waals surface area contributed by atoms with Crippen molar-refractivity contribution in [2.75, 3.05) is 38.2 Å². The third-order valence-corrected chi connectivity index (χ3v) is 5.15. The molecule has 4 rings (SSSR count). The van der Waals surface area contributed by atoms with E-state index in [0.717, 1.165) is 48.8 Å². The maximum atomic E-state index is 5.11. The molecule has 3 aromatic rings. The van der Waals surface area contributed by atoms with Crippen LogP contribution in [0.25, 0.3) is 10.2 Å². The van der Waals surface area contributed by atoms with Crippen LogP contribution in [0.4, 0.5) is 5.82 Å². The largest absolute Gasteiger partial charge is 0.481 e. The Labute approximate surface area is 144 Å². The molecule has 0 aromatic carbocycles. The molecule has 0 unspecified atom stereocenters. The number of aromatic nitrogens is 3. The van der Waals surface area contributed by atoms with E-state index in [9.17, 15) is 0 Å².